The normalized spacial score (nSPS) is 12.2. The number of benzene rings is 2. The summed E-state index contributed by atoms with van der Waals surface area (Å²) < 4.78 is 0. The highest BCUT2D eigenvalue weighted by Gasteiger charge is 2.10. The van der Waals surface area contributed by atoms with Crippen molar-refractivity contribution < 1.29 is 0 Å². The summed E-state index contributed by atoms with van der Waals surface area (Å²) >= 11 is 0. The molecule has 1 atom stereocenters. The van der Waals surface area contributed by atoms with Crippen LogP contribution in [0.3, 0.4) is 0 Å². The van der Waals surface area contributed by atoms with Crippen LogP contribution in [0.1, 0.15) is 88.2 Å². The summed E-state index contributed by atoms with van der Waals surface area (Å²) in [5.74, 6) is 0.777. The van der Waals surface area contributed by atoms with Gasteiger partial charge in [-0.2, -0.15) is 0 Å². The molecular weight excluding hydrogens is 300 g/mol. The molecule has 0 bridgehead atoms. The average molecular weight is 337 g/mol. The Morgan fingerprint density at radius 3 is 1.84 bits per heavy atom. The van der Waals surface area contributed by atoms with E-state index in [4.69, 9.17) is 0 Å². The molecule has 0 aliphatic carbocycles. The molecule has 0 aliphatic heterocycles. The zero-order valence-electron chi connectivity index (χ0n) is 16.1. The molecule has 1 unspecified atom stereocenters. The molecule has 2 aromatic carbocycles. The third-order valence-electron chi connectivity index (χ3n) is 5.29. The van der Waals surface area contributed by atoms with Crippen LogP contribution in [0.5, 0.6) is 0 Å². The molecule has 2 aromatic rings. The van der Waals surface area contributed by atoms with E-state index in [0.717, 1.165) is 5.92 Å². The van der Waals surface area contributed by atoms with E-state index in [9.17, 15) is 0 Å². The molecule has 0 spiro atoms. The van der Waals surface area contributed by atoms with E-state index in [-0.39, 0.29) is 0 Å². The van der Waals surface area contributed by atoms with Gasteiger partial charge in [-0.1, -0.05) is 113 Å². The largest absolute Gasteiger partial charge is 0.0654 e. The van der Waals surface area contributed by atoms with Crippen LogP contribution in [0.4, 0.5) is 0 Å². The Kier molecular flexibility index (Phi) is 10.1. The lowest BCUT2D eigenvalue weighted by molar-refractivity contribution is 0.500. The topological polar surface area (TPSA) is 0 Å². The van der Waals surface area contributed by atoms with E-state index in [0.29, 0.717) is 0 Å². The van der Waals surface area contributed by atoms with Gasteiger partial charge in [0.15, 0.2) is 0 Å². The lowest BCUT2D eigenvalue weighted by Gasteiger charge is -2.17. The van der Waals surface area contributed by atoms with Gasteiger partial charge >= 0.3 is 0 Å². The van der Waals surface area contributed by atoms with Crippen LogP contribution in [0.15, 0.2) is 60.7 Å². The van der Waals surface area contributed by atoms with Crippen LogP contribution in [0.2, 0.25) is 0 Å². The Hall–Kier alpha value is -1.56. The first-order chi connectivity index (χ1) is 12.4. The summed E-state index contributed by atoms with van der Waals surface area (Å²) in [6.07, 6.45) is 15.0. The number of hydrogen-bond donors (Lipinski definition) is 0. The molecule has 2 rings (SSSR count). The minimum Gasteiger partial charge on any atom is -0.0654 e. The highest BCUT2D eigenvalue weighted by atomic mass is 14.1. The van der Waals surface area contributed by atoms with Gasteiger partial charge in [0.25, 0.3) is 0 Å². The van der Waals surface area contributed by atoms with Gasteiger partial charge in [-0.25, -0.2) is 0 Å². The van der Waals surface area contributed by atoms with E-state index in [1.165, 1.54) is 76.2 Å². The summed E-state index contributed by atoms with van der Waals surface area (Å²) in [6, 6.07) is 22.1. The molecule has 0 saturated heterocycles. The average Bonchev–Trinajstić information content (AvgIpc) is 2.67. The van der Waals surface area contributed by atoms with Crippen molar-refractivity contribution in [1.29, 1.82) is 0 Å². The fraction of sp³-hybridized carbons (Fsp3) is 0.520. The number of hydrogen-bond acceptors (Lipinski definition) is 0. The van der Waals surface area contributed by atoms with Crippen molar-refractivity contribution in [2.45, 2.75) is 83.5 Å². The van der Waals surface area contributed by atoms with Crippen molar-refractivity contribution in [3.05, 3.63) is 71.8 Å². The van der Waals surface area contributed by atoms with Gasteiger partial charge in [-0.15, -0.1) is 0 Å². The van der Waals surface area contributed by atoms with Crippen LogP contribution in [0, 0.1) is 0 Å². The summed E-state index contributed by atoms with van der Waals surface area (Å²) in [6.45, 7) is 2.30. The third kappa shape index (κ3) is 8.38. The molecule has 0 fully saturated rings. The monoisotopic (exact) mass is 336 g/mol. The summed E-state index contributed by atoms with van der Waals surface area (Å²) in [5.41, 5.74) is 3.04. The second-order valence-electron chi connectivity index (χ2n) is 7.40. The summed E-state index contributed by atoms with van der Waals surface area (Å²) in [7, 11) is 0. The maximum absolute atomic E-state index is 2.32. The van der Waals surface area contributed by atoms with Crippen LogP contribution >= 0.6 is 0 Å². The van der Waals surface area contributed by atoms with Gasteiger partial charge in [-0.05, 0) is 42.7 Å². The quantitative estimate of drug-likeness (QED) is 0.326. The van der Waals surface area contributed by atoms with E-state index < -0.39 is 0 Å². The Labute approximate surface area is 155 Å². The molecule has 0 heterocycles. The van der Waals surface area contributed by atoms with E-state index in [2.05, 4.69) is 67.6 Å². The molecule has 0 saturated carbocycles. The molecule has 0 radical (unpaired) electrons. The molecule has 0 nitrogen and oxygen atoms in total. The minimum atomic E-state index is 0.777. The smallest absolute Gasteiger partial charge is 0.0162 e. The van der Waals surface area contributed by atoms with Crippen LogP contribution in [0.25, 0.3) is 0 Å². The minimum absolute atomic E-state index is 0.777. The van der Waals surface area contributed by atoms with E-state index >= 15 is 0 Å². The third-order valence-corrected chi connectivity index (χ3v) is 5.29. The SMILES string of the molecule is CCCCC(CCCCCCCCc1ccccc1)c1ccccc1. The zero-order valence-corrected chi connectivity index (χ0v) is 16.1. The maximum Gasteiger partial charge on any atom is -0.0162 e. The van der Waals surface area contributed by atoms with Crippen molar-refractivity contribution >= 4 is 0 Å². The van der Waals surface area contributed by atoms with Crippen molar-refractivity contribution in [2.24, 2.45) is 0 Å². The number of unbranched alkanes of at least 4 members (excludes halogenated alkanes) is 6. The Bertz CT molecular complexity index is 528. The molecule has 25 heavy (non-hydrogen) atoms. The molecule has 0 N–H and O–H groups in total. The van der Waals surface area contributed by atoms with Gasteiger partial charge < -0.3 is 0 Å². The number of aryl methyl sites for hydroxylation is 1. The molecular formula is C25H36. The van der Waals surface area contributed by atoms with Crippen molar-refractivity contribution in [1.82, 2.24) is 0 Å². The van der Waals surface area contributed by atoms with Crippen LogP contribution < -0.4 is 0 Å². The van der Waals surface area contributed by atoms with Gasteiger partial charge in [0.1, 0.15) is 0 Å². The molecule has 0 aromatic heterocycles. The fourth-order valence-corrected chi connectivity index (χ4v) is 3.73. The predicted octanol–water partition coefficient (Wildman–Crippen LogP) is 7.93. The predicted molar refractivity (Wildman–Crippen MR) is 111 cm³/mol. The van der Waals surface area contributed by atoms with Gasteiger partial charge in [0, 0.05) is 0 Å². The highest BCUT2D eigenvalue weighted by Crippen LogP contribution is 2.28. The molecule has 0 heteroatoms. The Morgan fingerprint density at radius 2 is 1.16 bits per heavy atom. The Balaban J connectivity index is 1.55. The van der Waals surface area contributed by atoms with Gasteiger partial charge in [0.05, 0.1) is 0 Å². The van der Waals surface area contributed by atoms with Gasteiger partial charge in [-0.3, -0.25) is 0 Å². The van der Waals surface area contributed by atoms with E-state index in [1.807, 2.05) is 0 Å². The molecule has 0 aliphatic rings. The first kappa shape index (κ1) is 19.8. The van der Waals surface area contributed by atoms with E-state index in [1.54, 1.807) is 5.56 Å². The highest BCUT2D eigenvalue weighted by molar-refractivity contribution is 5.19. The lowest BCUT2D eigenvalue weighted by atomic mass is 9.88. The summed E-state index contributed by atoms with van der Waals surface area (Å²) in [5, 5.41) is 0. The van der Waals surface area contributed by atoms with Crippen molar-refractivity contribution in [3.8, 4) is 0 Å². The van der Waals surface area contributed by atoms with Crippen molar-refractivity contribution in [3.63, 3.8) is 0 Å². The maximum atomic E-state index is 2.32. The zero-order chi connectivity index (χ0) is 17.6. The van der Waals surface area contributed by atoms with Crippen LogP contribution in [-0.2, 0) is 6.42 Å². The Morgan fingerprint density at radius 1 is 0.600 bits per heavy atom. The molecule has 136 valence electrons. The number of rotatable bonds is 13. The van der Waals surface area contributed by atoms with Crippen LogP contribution in [-0.4, -0.2) is 0 Å². The standard InChI is InChI=1S/C25H36/c1-2-3-19-24(25-21-14-9-15-22-25)20-13-7-5-4-6-10-16-23-17-11-8-12-18-23/h8-9,11-12,14-15,17-18,21-22,24H,2-7,10,13,16,19-20H2,1H3. The summed E-state index contributed by atoms with van der Waals surface area (Å²) in [4.78, 5) is 0. The fourth-order valence-electron chi connectivity index (χ4n) is 3.73. The second-order valence-corrected chi connectivity index (χ2v) is 7.40. The molecule has 0 amide bonds. The lowest BCUT2D eigenvalue weighted by Crippen LogP contribution is -1.99. The second kappa shape index (κ2) is 12.8. The first-order valence-electron chi connectivity index (χ1n) is 10.5. The van der Waals surface area contributed by atoms with Crippen molar-refractivity contribution in [2.75, 3.05) is 0 Å². The first-order valence-corrected chi connectivity index (χ1v) is 10.5. The van der Waals surface area contributed by atoms with Gasteiger partial charge in [0.2, 0.25) is 0 Å².